The molecule has 20 heavy (non-hydrogen) atoms. The Balaban J connectivity index is 2.08. The van der Waals surface area contributed by atoms with E-state index >= 15 is 0 Å². The summed E-state index contributed by atoms with van der Waals surface area (Å²) >= 11 is 6.32. The average Bonchev–Trinajstić information content (AvgIpc) is 2.90. The van der Waals surface area contributed by atoms with Gasteiger partial charge in [0, 0.05) is 10.6 Å². The van der Waals surface area contributed by atoms with Crippen LogP contribution in [0, 0.1) is 0 Å². The second-order valence-corrected chi connectivity index (χ2v) is 5.80. The molecular formula is C15H18ClN3O. The molecule has 106 valence electrons. The second kappa shape index (κ2) is 5.54. The van der Waals surface area contributed by atoms with Gasteiger partial charge in [0.1, 0.15) is 18.3 Å². The van der Waals surface area contributed by atoms with Crippen LogP contribution in [0.1, 0.15) is 43.7 Å². The molecule has 1 aromatic carbocycles. The molecule has 0 amide bonds. The lowest BCUT2D eigenvalue weighted by molar-refractivity contribution is -0.0285. The summed E-state index contributed by atoms with van der Waals surface area (Å²) in [6.07, 6.45) is 7.96. The van der Waals surface area contributed by atoms with Gasteiger partial charge >= 0.3 is 0 Å². The van der Waals surface area contributed by atoms with Crippen LogP contribution < -0.4 is 0 Å². The third-order valence-corrected chi connectivity index (χ3v) is 4.51. The predicted octanol–water partition coefficient (Wildman–Crippen LogP) is 3.32. The molecule has 1 saturated carbocycles. The van der Waals surface area contributed by atoms with Crippen molar-refractivity contribution in [1.29, 1.82) is 0 Å². The van der Waals surface area contributed by atoms with Crippen LogP contribution in [0.5, 0.6) is 0 Å². The van der Waals surface area contributed by atoms with E-state index in [9.17, 15) is 5.11 Å². The Hall–Kier alpha value is -1.39. The van der Waals surface area contributed by atoms with Crippen molar-refractivity contribution < 1.29 is 5.11 Å². The average molecular weight is 292 g/mol. The van der Waals surface area contributed by atoms with E-state index in [-0.39, 0.29) is 6.04 Å². The number of nitrogens with zero attached hydrogens (tertiary/aromatic N) is 3. The molecule has 2 aromatic rings. The summed E-state index contributed by atoms with van der Waals surface area (Å²) in [5.41, 5.74) is -0.188. The topological polar surface area (TPSA) is 50.9 Å². The molecule has 0 radical (unpaired) electrons. The lowest BCUT2D eigenvalue weighted by Crippen LogP contribution is -2.36. The molecule has 1 aromatic heterocycles. The van der Waals surface area contributed by atoms with Crippen LogP contribution in [0.2, 0.25) is 5.02 Å². The molecule has 2 atom stereocenters. The molecular weight excluding hydrogens is 274 g/mol. The van der Waals surface area contributed by atoms with Crippen molar-refractivity contribution in [3.05, 3.63) is 47.5 Å². The van der Waals surface area contributed by atoms with Crippen LogP contribution in [0.4, 0.5) is 0 Å². The largest absolute Gasteiger partial charge is 0.383 e. The summed E-state index contributed by atoms with van der Waals surface area (Å²) in [4.78, 5) is 4.02. The molecule has 1 aliphatic rings. The first-order valence-electron chi connectivity index (χ1n) is 7.03. The standard InChI is InChI=1S/C15H18ClN3O/c16-13-7-4-3-6-12(13)15(20)9-5-1-2-8-14(15)19-11-17-10-18-19/h3-4,6-7,10-11,14,20H,1-2,5,8-9H2/t14-,15-/m1/s1. The fourth-order valence-corrected chi connectivity index (χ4v) is 3.47. The SMILES string of the molecule is O[C@@]1(c2ccccc2Cl)CCCCC[C@H]1n1cncn1. The van der Waals surface area contributed by atoms with Crippen molar-refractivity contribution in [3.8, 4) is 0 Å². The first-order valence-corrected chi connectivity index (χ1v) is 7.41. The maximum Gasteiger partial charge on any atom is 0.137 e. The van der Waals surface area contributed by atoms with Crippen molar-refractivity contribution in [2.75, 3.05) is 0 Å². The molecule has 1 N–H and O–H groups in total. The number of benzene rings is 1. The lowest BCUT2D eigenvalue weighted by Gasteiger charge is -2.35. The van der Waals surface area contributed by atoms with Crippen LogP contribution in [0.3, 0.4) is 0 Å². The summed E-state index contributed by atoms with van der Waals surface area (Å²) < 4.78 is 1.77. The third-order valence-electron chi connectivity index (χ3n) is 4.18. The maximum absolute atomic E-state index is 11.4. The fourth-order valence-electron chi connectivity index (χ4n) is 3.17. The highest BCUT2D eigenvalue weighted by Gasteiger charge is 2.42. The second-order valence-electron chi connectivity index (χ2n) is 5.39. The van der Waals surface area contributed by atoms with E-state index in [1.165, 1.54) is 6.33 Å². The van der Waals surface area contributed by atoms with E-state index in [1.807, 2.05) is 24.3 Å². The lowest BCUT2D eigenvalue weighted by atomic mass is 9.82. The normalized spacial score (nSPS) is 27.2. The molecule has 4 nitrogen and oxygen atoms in total. The number of hydrogen-bond donors (Lipinski definition) is 1. The zero-order valence-corrected chi connectivity index (χ0v) is 12.0. The van der Waals surface area contributed by atoms with Gasteiger partial charge in [-0.15, -0.1) is 0 Å². The minimum Gasteiger partial charge on any atom is -0.383 e. The van der Waals surface area contributed by atoms with E-state index < -0.39 is 5.60 Å². The Morgan fingerprint density at radius 3 is 2.85 bits per heavy atom. The van der Waals surface area contributed by atoms with Crippen LogP contribution >= 0.6 is 11.6 Å². The van der Waals surface area contributed by atoms with Crippen molar-refractivity contribution in [2.24, 2.45) is 0 Å². The molecule has 0 bridgehead atoms. The minimum absolute atomic E-state index is 0.118. The minimum atomic E-state index is -0.984. The molecule has 0 spiro atoms. The van der Waals surface area contributed by atoms with E-state index in [0.29, 0.717) is 11.4 Å². The van der Waals surface area contributed by atoms with Crippen LogP contribution in [0.15, 0.2) is 36.9 Å². The highest BCUT2D eigenvalue weighted by atomic mass is 35.5. The van der Waals surface area contributed by atoms with Gasteiger partial charge in [0.25, 0.3) is 0 Å². The highest BCUT2D eigenvalue weighted by molar-refractivity contribution is 6.31. The van der Waals surface area contributed by atoms with Gasteiger partial charge in [-0.25, -0.2) is 9.67 Å². The Kier molecular flexibility index (Phi) is 3.76. The van der Waals surface area contributed by atoms with Gasteiger partial charge in [-0.1, -0.05) is 49.1 Å². The number of rotatable bonds is 2. The molecule has 1 fully saturated rings. The molecule has 5 heteroatoms. The van der Waals surface area contributed by atoms with E-state index in [2.05, 4.69) is 10.1 Å². The summed E-state index contributed by atoms with van der Waals surface area (Å²) in [6.45, 7) is 0. The van der Waals surface area contributed by atoms with Crippen molar-refractivity contribution >= 4 is 11.6 Å². The Morgan fingerprint density at radius 2 is 2.10 bits per heavy atom. The highest BCUT2D eigenvalue weighted by Crippen LogP contribution is 2.45. The van der Waals surface area contributed by atoms with Crippen LogP contribution in [-0.2, 0) is 5.60 Å². The Morgan fingerprint density at radius 1 is 1.25 bits per heavy atom. The molecule has 1 aliphatic carbocycles. The smallest absolute Gasteiger partial charge is 0.137 e. The summed E-state index contributed by atoms with van der Waals surface area (Å²) in [5, 5.41) is 16.2. The number of aromatic nitrogens is 3. The van der Waals surface area contributed by atoms with Gasteiger partial charge in [0.05, 0.1) is 6.04 Å². The van der Waals surface area contributed by atoms with Gasteiger partial charge in [0.2, 0.25) is 0 Å². The fraction of sp³-hybridized carbons (Fsp3) is 0.467. The molecule has 0 saturated heterocycles. The van der Waals surface area contributed by atoms with Crippen LogP contribution in [0.25, 0.3) is 0 Å². The maximum atomic E-state index is 11.4. The monoisotopic (exact) mass is 291 g/mol. The Labute approximate surface area is 123 Å². The van der Waals surface area contributed by atoms with Gasteiger partial charge in [-0.3, -0.25) is 0 Å². The number of aliphatic hydroxyl groups is 1. The van der Waals surface area contributed by atoms with E-state index in [4.69, 9.17) is 11.6 Å². The third kappa shape index (κ3) is 2.34. The van der Waals surface area contributed by atoms with Crippen LogP contribution in [-0.4, -0.2) is 19.9 Å². The van der Waals surface area contributed by atoms with Gasteiger partial charge in [0.15, 0.2) is 0 Å². The summed E-state index contributed by atoms with van der Waals surface area (Å²) in [5.74, 6) is 0. The van der Waals surface area contributed by atoms with Crippen molar-refractivity contribution in [3.63, 3.8) is 0 Å². The molecule has 0 aliphatic heterocycles. The first-order chi connectivity index (χ1) is 9.72. The quantitative estimate of drug-likeness (QED) is 0.864. The zero-order chi connectivity index (χ0) is 14.0. The molecule has 0 unspecified atom stereocenters. The van der Waals surface area contributed by atoms with Gasteiger partial charge < -0.3 is 5.11 Å². The van der Waals surface area contributed by atoms with Crippen molar-refractivity contribution in [1.82, 2.24) is 14.8 Å². The number of hydrogen-bond acceptors (Lipinski definition) is 3. The van der Waals surface area contributed by atoms with Crippen molar-refractivity contribution in [2.45, 2.75) is 43.7 Å². The Bertz CT molecular complexity index is 572. The number of halogens is 1. The zero-order valence-electron chi connectivity index (χ0n) is 11.2. The van der Waals surface area contributed by atoms with E-state index in [1.54, 1.807) is 11.0 Å². The summed E-state index contributed by atoms with van der Waals surface area (Å²) in [7, 11) is 0. The molecule has 3 rings (SSSR count). The first kappa shape index (κ1) is 13.6. The predicted molar refractivity (Wildman–Crippen MR) is 77.5 cm³/mol. The molecule has 1 heterocycles. The summed E-state index contributed by atoms with van der Waals surface area (Å²) in [6, 6.07) is 7.43. The van der Waals surface area contributed by atoms with E-state index in [0.717, 1.165) is 31.2 Å². The van der Waals surface area contributed by atoms with Gasteiger partial charge in [-0.05, 0) is 18.9 Å². The van der Waals surface area contributed by atoms with Gasteiger partial charge in [-0.2, -0.15) is 5.10 Å².